The number of para-hydroxylation sites is 1. The van der Waals surface area contributed by atoms with Crippen LogP contribution in [0.3, 0.4) is 0 Å². The Labute approximate surface area is 200 Å². The molecule has 4 rings (SSSR count). The van der Waals surface area contributed by atoms with Crippen molar-refractivity contribution in [3.05, 3.63) is 89.5 Å². The van der Waals surface area contributed by atoms with Crippen LogP contribution in [0.4, 0.5) is 5.69 Å². The van der Waals surface area contributed by atoms with Crippen molar-refractivity contribution in [2.45, 2.75) is 24.3 Å². The zero-order chi connectivity index (χ0) is 24.5. The molecule has 0 radical (unpaired) electrons. The number of nitrogens with zero attached hydrogens (tertiary/aromatic N) is 2. The van der Waals surface area contributed by atoms with Gasteiger partial charge in [0.15, 0.2) is 0 Å². The van der Waals surface area contributed by atoms with E-state index in [9.17, 15) is 16.8 Å². The SMILES string of the molecule is COc1ccccc1[C@H]1CC(c2cccc(NS(C)(=O)=O)c2)=NN1S(=O)(=O)c1ccc(C)cc1. The van der Waals surface area contributed by atoms with Gasteiger partial charge in [0.05, 0.1) is 30.0 Å². The van der Waals surface area contributed by atoms with Gasteiger partial charge in [-0.15, -0.1) is 0 Å². The highest BCUT2D eigenvalue weighted by molar-refractivity contribution is 7.92. The van der Waals surface area contributed by atoms with E-state index < -0.39 is 26.1 Å². The van der Waals surface area contributed by atoms with Crippen molar-refractivity contribution in [1.82, 2.24) is 4.41 Å². The van der Waals surface area contributed by atoms with Crippen molar-refractivity contribution in [2.24, 2.45) is 5.10 Å². The number of ether oxygens (including phenoxy) is 1. The Morgan fingerprint density at radius 1 is 0.971 bits per heavy atom. The van der Waals surface area contributed by atoms with Gasteiger partial charge in [-0.25, -0.2) is 8.42 Å². The molecule has 0 spiro atoms. The second-order valence-electron chi connectivity index (χ2n) is 8.05. The summed E-state index contributed by atoms with van der Waals surface area (Å²) in [6.45, 7) is 1.89. The number of rotatable bonds is 7. The van der Waals surface area contributed by atoms with Gasteiger partial charge in [-0.3, -0.25) is 4.72 Å². The molecule has 178 valence electrons. The molecule has 0 saturated heterocycles. The second kappa shape index (κ2) is 9.11. The number of hydrazone groups is 1. The van der Waals surface area contributed by atoms with Crippen LogP contribution in [0, 0.1) is 6.92 Å². The molecule has 1 heterocycles. The van der Waals surface area contributed by atoms with Crippen LogP contribution in [-0.4, -0.2) is 40.3 Å². The molecule has 0 fully saturated rings. The minimum absolute atomic E-state index is 0.135. The Balaban J connectivity index is 1.81. The van der Waals surface area contributed by atoms with E-state index in [1.807, 2.05) is 25.1 Å². The maximum absolute atomic E-state index is 13.6. The largest absolute Gasteiger partial charge is 0.496 e. The first-order chi connectivity index (χ1) is 16.1. The lowest BCUT2D eigenvalue weighted by molar-refractivity contribution is 0.350. The topological polar surface area (TPSA) is 105 Å². The Bertz CT molecular complexity index is 1450. The molecule has 8 nitrogen and oxygen atoms in total. The van der Waals surface area contributed by atoms with E-state index in [0.29, 0.717) is 28.3 Å². The highest BCUT2D eigenvalue weighted by atomic mass is 32.2. The lowest BCUT2D eigenvalue weighted by Crippen LogP contribution is -2.27. The molecule has 0 amide bonds. The zero-order valence-electron chi connectivity index (χ0n) is 19.0. The summed E-state index contributed by atoms with van der Waals surface area (Å²) in [5, 5.41) is 4.53. The van der Waals surface area contributed by atoms with Gasteiger partial charge >= 0.3 is 0 Å². The molecule has 1 atom stereocenters. The average Bonchev–Trinajstić information content (AvgIpc) is 3.25. The summed E-state index contributed by atoms with van der Waals surface area (Å²) < 4.78 is 59.7. The standard InChI is InChI=1S/C24H25N3O5S2/c1-17-11-13-20(14-12-17)34(30,31)27-23(21-9-4-5-10-24(21)32-2)16-22(25-27)18-7-6-8-19(15-18)26-33(3,28)29/h4-15,23,26H,16H2,1-3H3/t23-/m1/s1. The fraction of sp³-hybridized carbons (Fsp3) is 0.208. The van der Waals surface area contributed by atoms with Crippen LogP contribution in [0.15, 0.2) is 82.8 Å². The monoisotopic (exact) mass is 499 g/mol. The quantitative estimate of drug-likeness (QED) is 0.531. The molecule has 3 aromatic carbocycles. The van der Waals surface area contributed by atoms with Crippen molar-refractivity contribution >= 4 is 31.4 Å². The summed E-state index contributed by atoms with van der Waals surface area (Å²) in [6, 6.07) is 19.9. The smallest absolute Gasteiger partial charge is 0.279 e. The number of sulfonamides is 2. The number of methoxy groups -OCH3 is 1. The lowest BCUT2D eigenvalue weighted by atomic mass is 9.98. The van der Waals surface area contributed by atoms with Crippen LogP contribution in [0.5, 0.6) is 5.75 Å². The molecule has 1 aliphatic rings. The van der Waals surface area contributed by atoms with Gasteiger partial charge < -0.3 is 4.74 Å². The van der Waals surface area contributed by atoms with Crippen LogP contribution >= 0.6 is 0 Å². The third-order valence-corrected chi connectivity index (χ3v) is 7.74. The Hall–Kier alpha value is -3.37. The summed E-state index contributed by atoms with van der Waals surface area (Å²) in [6.07, 6.45) is 1.36. The van der Waals surface area contributed by atoms with Gasteiger partial charge in [0.1, 0.15) is 5.75 Å². The first-order valence-electron chi connectivity index (χ1n) is 10.5. The van der Waals surface area contributed by atoms with Crippen LogP contribution < -0.4 is 9.46 Å². The van der Waals surface area contributed by atoms with Gasteiger partial charge in [0.2, 0.25) is 10.0 Å². The van der Waals surface area contributed by atoms with Crippen LogP contribution in [0.25, 0.3) is 0 Å². The minimum atomic E-state index is -3.98. The number of anilines is 1. The molecule has 0 aliphatic carbocycles. The van der Waals surface area contributed by atoms with Gasteiger partial charge in [-0.1, -0.05) is 48.0 Å². The number of aryl methyl sites for hydroxylation is 1. The number of nitrogens with one attached hydrogen (secondary N) is 1. The minimum Gasteiger partial charge on any atom is -0.496 e. The molecule has 0 saturated carbocycles. The van der Waals surface area contributed by atoms with E-state index in [4.69, 9.17) is 4.74 Å². The predicted molar refractivity (Wildman–Crippen MR) is 132 cm³/mol. The lowest BCUT2D eigenvalue weighted by Gasteiger charge is -2.24. The van der Waals surface area contributed by atoms with Crippen molar-refractivity contribution in [2.75, 3.05) is 18.1 Å². The second-order valence-corrected chi connectivity index (χ2v) is 11.6. The van der Waals surface area contributed by atoms with Crippen molar-refractivity contribution in [1.29, 1.82) is 0 Å². The Morgan fingerprint density at radius 2 is 1.68 bits per heavy atom. The van der Waals surface area contributed by atoms with E-state index in [1.165, 1.54) is 7.11 Å². The van der Waals surface area contributed by atoms with Crippen molar-refractivity contribution in [3.63, 3.8) is 0 Å². The third kappa shape index (κ3) is 4.92. The summed E-state index contributed by atoms with van der Waals surface area (Å²) in [5.41, 5.74) is 3.14. The van der Waals surface area contributed by atoms with Crippen molar-refractivity contribution < 1.29 is 21.6 Å². The molecule has 0 unspecified atom stereocenters. The van der Waals surface area contributed by atoms with Crippen molar-refractivity contribution in [3.8, 4) is 5.75 Å². The Morgan fingerprint density at radius 3 is 2.35 bits per heavy atom. The van der Waals surface area contributed by atoms with E-state index >= 15 is 0 Å². The molecule has 1 N–H and O–H groups in total. The third-order valence-electron chi connectivity index (χ3n) is 5.43. The van der Waals surface area contributed by atoms with Gasteiger partial charge in [0.25, 0.3) is 10.0 Å². The first kappa shape index (κ1) is 23.8. The summed E-state index contributed by atoms with van der Waals surface area (Å²) in [4.78, 5) is 0.135. The fourth-order valence-electron chi connectivity index (χ4n) is 3.85. The maximum atomic E-state index is 13.6. The predicted octanol–water partition coefficient (Wildman–Crippen LogP) is 3.92. The average molecular weight is 500 g/mol. The molecule has 3 aromatic rings. The van der Waals surface area contributed by atoms with Gasteiger partial charge in [0, 0.05) is 17.7 Å². The van der Waals surface area contributed by atoms with Gasteiger partial charge in [-0.2, -0.15) is 17.9 Å². The van der Waals surface area contributed by atoms with Gasteiger partial charge in [-0.05, 0) is 42.8 Å². The number of benzene rings is 3. The first-order valence-corrected chi connectivity index (χ1v) is 13.8. The summed E-state index contributed by atoms with van der Waals surface area (Å²) in [5.74, 6) is 0.556. The van der Waals surface area contributed by atoms with Crippen LogP contribution in [-0.2, 0) is 20.0 Å². The Kier molecular flexibility index (Phi) is 6.37. The molecule has 1 aliphatic heterocycles. The highest BCUT2D eigenvalue weighted by Gasteiger charge is 2.39. The number of hydrogen-bond acceptors (Lipinski definition) is 6. The maximum Gasteiger partial charge on any atom is 0.279 e. The molecular formula is C24H25N3O5S2. The van der Waals surface area contributed by atoms with Crippen LogP contribution in [0.2, 0.25) is 0 Å². The molecule has 0 bridgehead atoms. The highest BCUT2D eigenvalue weighted by Crippen LogP contribution is 2.40. The normalized spacial score (nSPS) is 16.3. The van der Waals surface area contributed by atoms with E-state index in [2.05, 4.69) is 9.82 Å². The van der Waals surface area contributed by atoms with E-state index in [0.717, 1.165) is 16.2 Å². The fourth-order valence-corrected chi connectivity index (χ4v) is 5.83. The summed E-state index contributed by atoms with van der Waals surface area (Å²) >= 11 is 0. The summed E-state index contributed by atoms with van der Waals surface area (Å²) in [7, 11) is -5.91. The number of hydrogen-bond donors (Lipinski definition) is 1. The molecule has 34 heavy (non-hydrogen) atoms. The van der Waals surface area contributed by atoms with Crippen LogP contribution in [0.1, 0.15) is 29.2 Å². The molecule has 0 aromatic heterocycles. The molecule has 10 heteroatoms. The molecular weight excluding hydrogens is 474 g/mol. The van der Waals surface area contributed by atoms with E-state index in [-0.39, 0.29) is 11.3 Å². The zero-order valence-corrected chi connectivity index (χ0v) is 20.6. The van der Waals surface area contributed by atoms with E-state index in [1.54, 1.807) is 54.6 Å².